The van der Waals surface area contributed by atoms with Crippen LogP contribution < -0.4 is 0 Å². The van der Waals surface area contributed by atoms with Gasteiger partial charge in [-0.1, -0.05) is 80.1 Å². The summed E-state index contributed by atoms with van der Waals surface area (Å²) in [6, 6.07) is 17.3. The third-order valence-electron chi connectivity index (χ3n) is 3.85. The van der Waals surface area contributed by atoms with Crippen molar-refractivity contribution in [1.82, 2.24) is 0 Å². The number of hydrogen-bond donors (Lipinski definition) is 0. The Morgan fingerprint density at radius 3 is 1.67 bits per heavy atom. The summed E-state index contributed by atoms with van der Waals surface area (Å²) in [6.45, 7) is -0.491. The Labute approximate surface area is 136 Å². The zero-order valence-corrected chi connectivity index (χ0v) is 13.3. The molecule has 1 heterocycles. The quantitative estimate of drug-likeness (QED) is 0.564. The van der Waals surface area contributed by atoms with Crippen molar-refractivity contribution < 1.29 is 24.2 Å². The molecule has 1 aliphatic rings. The highest BCUT2D eigenvalue weighted by Crippen LogP contribution is 2.99. The molecule has 2 aromatic rings. The molecule has 0 bridgehead atoms. The average Bonchev–Trinajstić information content (AvgIpc) is 2.90. The predicted octanol–water partition coefficient (Wildman–Crippen LogP) is 6.53. The molecule has 1 aliphatic heterocycles. The van der Waals surface area contributed by atoms with Crippen LogP contribution in [0.2, 0.25) is 0 Å². The molecule has 0 unspecified atom stereocenters. The molecule has 1 saturated heterocycles. The van der Waals surface area contributed by atoms with Gasteiger partial charge in [-0.25, -0.2) is 0 Å². The molecule has 0 aliphatic carbocycles. The van der Waals surface area contributed by atoms with E-state index in [0.717, 1.165) is 0 Å². The van der Waals surface area contributed by atoms with Crippen LogP contribution in [0.5, 0.6) is 0 Å². The Morgan fingerprint density at radius 2 is 1.25 bits per heavy atom. The molecule has 0 atom stereocenters. The maximum atomic E-state index is 12.8. The second-order valence-corrected chi connectivity index (χ2v) is 8.12. The summed E-state index contributed by atoms with van der Waals surface area (Å²) in [7, 11) is -9.63. The molecule has 7 heteroatoms. The molecule has 2 aromatic carbocycles. The molecule has 3 rings (SSSR count). The summed E-state index contributed by atoms with van der Waals surface area (Å²) in [4.78, 5) is 0. The van der Waals surface area contributed by atoms with Gasteiger partial charge in [0.1, 0.15) is 5.60 Å². The molecular weight excluding hydrogens is 347 g/mol. The van der Waals surface area contributed by atoms with Crippen molar-refractivity contribution in [3.8, 4) is 0 Å². The molecule has 0 amide bonds. The molecular formula is C17H15F5OS. The van der Waals surface area contributed by atoms with Crippen molar-refractivity contribution in [2.45, 2.75) is 12.0 Å². The molecule has 0 radical (unpaired) electrons. The highest BCUT2D eigenvalue weighted by Gasteiger charge is 2.62. The number of hydrogen-bond acceptors (Lipinski definition) is 1. The van der Waals surface area contributed by atoms with Crippen LogP contribution in [-0.4, -0.2) is 6.61 Å². The van der Waals surface area contributed by atoms with Crippen LogP contribution >= 0.6 is 10.2 Å². The van der Waals surface area contributed by atoms with E-state index in [1.165, 1.54) is 0 Å². The summed E-state index contributed by atoms with van der Waals surface area (Å²) >= 11 is 0. The molecule has 0 N–H and O–H groups in total. The summed E-state index contributed by atoms with van der Waals surface area (Å²) in [6.07, 6.45) is -0.271. The number of halogens is 5. The monoisotopic (exact) mass is 362 g/mol. The first kappa shape index (κ1) is 17.0. The van der Waals surface area contributed by atoms with E-state index in [-0.39, 0.29) is 6.42 Å². The predicted molar refractivity (Wildman–Crippen MR) is 85.4 cm³/mol. The normalized spacial score (nSPS) is 22.1. The molecule has 0 saturated carbocycles. The fraction of sp³-hybridized carbons (Fsp3) is 0.176. The lowest BCUT2D eigenvalue weighted by Crippen LogP contribution is -2.26. The third-order valence-corrected chi connectivity index (χ3v) is 4.63. The maximum Gasteiger partial charge on any atom is 0.304 e. The average molecular weight is 362 g/mol. The van der Waals surface area contributed by atoms with Gasteiger partial charge in [-0.05, 0) is 16.7 Å². The SMILES string of the molecule is FS(F)(F)(F)(F)C=C1COC(c2ccccc2)(c2ccccc2)C1. The van der Waals surface area contributed by atoms with E-state index < -0.39 is 33.4 Å². The summed E-state index contributed by atoms with van der Waals surface area (Å²) in [5, 5.41) is -0.812. The molecule has 0 spiro atoms. The maximum absolute atomic E-state index is 12.8. The minimum Gasteiger partial charge on any atom is -0.361 e. The molecule has 24 heavy (non-hydrogen) atoms. The van der Waals surface area contributed by atoms with Gasteiger partial charge in [0.2, 0.25) is 0 Å². The molecule has 130 valence electrons. The van der Waals surface area contributed by atoms with E-state index in [9.17, 15) is 19.4 Å². The number of rotatable bonds is 3. The van der Waals surface area contributed by atoms with Gasteiger partial charge in [0.25, 0.3) is 0 Å². The van der Waals surface area contributed by atoms with E-state index in [2.05, 4.69) is 0 Å². The summed E-state index contributed by atoms with van der Waals surface area (Å²) < 4.78 is 69.6. The largest absolute Gasteiger partial charge is 0.361 e. The smallest absolute Gasteiger partial charge is 0.304 e. The number of benzene rings is 2. The molecule has 1 fully saturated rings. The van der Waals surface area contributed by atoms with Crippen LogP contribution in [0.4, 0.5) is 19.4 Å². The van der Waals surface area contributed by atoms with Gasteiger partial charge in [-0.2, -0.15) is 0 Å². The Kier molecular flexibility index (Phi) is 3.42. The van der Waals surface area contributed by atoms with Crippen molar-refractivity contribution in [3.05, 3.63) is 82.8 Å². The Bertz CT molecular complexity index is 730. The topological polar surface area (TPSA) is 9.23 Å². The fourth-order valence-corrected chi connectivity index (χ4v) is 3.76. The zero-order valence-electron chi connectivity index (χ0n) is 12.5. The first-order valence-corrected chi connectivity index (χ1v) is 9.19. The second kappa shape index (κ2) is 4.83. The standard InChI is InChI=1S/C17H15F5OS/c18-24(19,20,21,22)13-14-11-17(23-12-14,15-7-3-1-4-8-15)16-9-5-2-6-10-16/h1-10,13H,11-12H2. The minimum absolute atomic E-state index is 0.271. The Hall–Kier alpha value is -1.86. The van der Waals surface area contributed by atoms with E-state index in [1.807, 2.05) is 0 Å². The van der Waals surface area contributed by atoms with E-state index in [4.69, 9.17) is 4.74 Å². The Balaban J connectivity index is 2.10. The van der Waals surface area contributed by atoms with Crippen LogP contribution in [0.1, 0.15) is 17.5 Å². The molecule has 0 aromatic heterocycles. The van der Waals surface area contributed by atoms with Gasteiger partial charge in [-0.15, -0.1) is 0 Å². The Morgan fingerprint density at radius 1 is 0.792 bits per heavy atom. The van der Waals surface area contributed by atoms with Crippen LogP contribution in [0.25, 0.3) is 0 Å². The van der Waals surface area contributed by atoms with E-state index >= 15 is 0 Å². The summed E-state index contributed by atoms with van der Waals surface area (Å²) in [5.41, 5.74) is -0.400. The van der Waals surface area contributed by atoms with Crippen molar-refractivity contribution in [3.63, 3.8) is 0 Å². The van der Waals surface area contributed by atoms with Gasteiger partial charge < -0.3 is 4.74 Å². The van der Waals surface area contributed by atoms with Crippen molar-refractivity contribution in [2.75, 3.05) is 6.61 Å². The fourth-order valence-electron chi connectivity index (χ4n) is 2.98. The third kappa shape index (κ3) is 3.79. The first-order valence-electron chi connectivity index (χ1n) is 7.17. The molecule has 1 nitrogen and oxygen atoms in total. The summed E-state index contributed by atoms with van der Waals surface area (Å²) in [5.74, 6) is 0. The van der Waals surface area contributed by atoms with Gasteiger partial charge >= 0.3 is 10.2 Å². The highest BCUT2D eigenvalue weighted by atomic mass is 32.5. The van der Waals surface area contributed by atoms with Crippen LogP contribution in [0, 0.1) is 0 Å². The van der Waals surface area contributed by atoms with Crippen molar-refractivity contribution >= 4 is 10.2 Å². The van der Waals surface area contributed by atoms with E-state index in [0.29, 0.717) is 11.1 Å². The van der Waals surface area contributed by atoms with Crippen LogP contribution in [0.15, 0.2) is 71.6 Å². The minimum atomic E-state index is -9.63. The van der Waals surface area contributed by atoms with Gasteiger partial charge in [0.05, 0.1) is 12.0 Å². The van der Waals surface area contributed by atoms with Crippen LogP contribution in [-0.2, 0) is 10.3 Å². The lowest BCUT2D eigenvalue weighted by molar-refractivity contribution is 0.0371. The zero-order chi connectivity index (χ0) is 17.5. The van der Waals surface area contributed by atoms with Crippen molar-refractivity contribution in [1.29, 1.82) is 0 Å². The van der Waals surface area contributed by atoms with Crippen LogP contribution in [0.3, 0.4) is 0 Å². The van der Waals surface area contributed by atoms with E-state index in [1.54, 1.807) is 60.7 Å². The highest BCUT2D eigenvalue weighted by molar-refractivity contribution is 8.48. The van der Waals surface area contributed by atoms with Gasteiger partial charge in [-0.3, -0.25) is 0 Å². The number of ether oxygens (including phenoxy) is 1. The van der Waals surface area contributed by atoms with Gasteiger partial charge in [0, 0.05) is 6.42 Å². The lowest BCUT2D eigenvalue weighted by Gasteiger charge is -2.37. The lowest BCUT2D eigenvalue weighted by atomic mass is 9.83. The van der Waals surface area contributed by atoms with Gasteiger partial charge in [0.15, 0.2) is 0 Å². The van der Waals surface area contributed by atoms with Crippen molar-refractivity contribution in [2.24, 2.45) is 0 Å². The first-order chi connectivity index (χ1) is 11.0. The second-order valence-electron chi connectivity index (χ2n) is 5.83.